The van der Waals surface area contributed by atoms with Gasteiger partial charge < -0.3 is 4.74 Å². The minimum absolute atomic E-state index is 0.247. The van der Waals surface area contributed by atoms with Crippen LogP contribution in [0, 0.1) is 6.92 Å². The van der Waals surface area contributed by atoms with Crippen molar-refractivity contribution in [3.05, 3.63) is 15.9 Å². The van der Waals surface area contributed by atoms with E-state index in [-0.39, 0.29) is 6.04 Å². The van der Waals surface area contributed by atoms with Crippen molar-refractivity contribution < 1.29 is 4.74 Å². The SMILES string of the molecule is COCCCC(Cc1c(Br)c(C)nn1C)NN. The number of hydrazine groups is 1. The maximum Gasteiger partial charge on any atom is 0.0738 e. The Bertz CT molecular complexity index is 353. The van der Waals surface area contributed by atoms with Crippen LogP contribution in [0.5, 0.6) is 0 Å². The Morgan fingerprint density at radius 2 is 2.29 bits per heavy atom. The summed E-state index contributed by atoms with van der Waals surface area (Å²) < 4.78 is 8.02. The van der Waals surface area contributed by atoms with Crippen molar-refractivity contribution in [3.63, 3.8) is 0 Å². The molecule has 0 spiro atoms. The smallest absolute Gasteiger partial charge is 0.0738 e. The van der Waals surface area contributed by atoms with Crippen molar-refractivity contribution in [2.45, 2.75) is 32.2 Å². The zero-order valence-corrected chi connectivity index (χ0v) is 12.2. The monoisotopic (exact) mass is 304 g/mol. The molecule has 0 aliphatic heterocycles. The number of nitrogens with one attached hydrogen (secondary N) is 1. The first-order valence-electron chi connectivity index (χ1n) is 5.73. The van der Waals surface area contributed by atoms with E-state index in [1.165, 1.54) is 5.69 Å². The quantitative estimate of drug-likeness (QED) is 0.453. The highest BCUT2D eigenvalue weighted by molar-refractivity contribution is 9.10. The molecule has 0 aromatic carbocycles. The lowest BCUT2D eigenvalue weighted by Gasteiger charge is -2.16. The summed E-state index contributed by atoms with van der Waals surface area (Å²) in [4.78, 5) is 0. The van der Waals surface area contributed by atoms with Gasteiger partial charge in [0.2, 0.25) is 0 Å². The van der Waals surface area contributed by atoms with Crippen molar-refractivity contribution in [1.29, 1.82) is 0 Å². The third kappa shape index (κ3) is 4.06. The Morgan fingerprint density at radius 3 is 2.76 bits per heavy atom. The van der Waals surface area contributed by atoms with Gasteiger partial charge in [-0.1, -0.05) is 0 Å². The van der Waals surface area contributed by atoms with Gasteiger partial charge in [-0.15, -0.1) is 0 Å². The van der Waals surface area contributed by atoms with E-state index in [4.69, 9.17) is 10.6 Å². The van der Waals surface area contributed by atoms with Gasteiger partial charge in [0.25, 0.3) is 0 Å². The van der Waals surface area contributed by atoms with Gasteiger partial charge in [0, 0.05) is 33.2 Å². The molecule has 0 aliphatic carbocycles. The van der Waals surface area contributed by atoms with Crippen LogP contribution in [0.3, 0.4) is 0 Å². The highest BCUT2D eigenvalue weighted by atomic mass is 79.9. The molecule has 1 rings (SSSR count). The van der Waals surface area contributed by atoms with Crippen molar-refractivity contribution in [3.8, 4) is 0 Å². The van der Waals surface area contributed by atoms with Crippen LogP contribution in [-0.2, 0) is 18.2 Å². The number of ether oxygens (including phenoxy) is 1. The highest BCUT2D eigenvalue weighted by Crippen LogP contribution is 2.22. The van der Waals surface area contributed by atoms with Crippen LogP contribution in [0.15, 0.2) is 4.47 Å². The summed E-state index contributed by atoms with van der Waals surface area (Å²) in [6.07, 6.45) is 2.85. The van der Waals surface area contributed by atoms with Gasteiger partial charge in [-0.25, -0.2) is 0 Å². The lowest BCUT2D eigenvalue weighted by Crippen LogP contribution is -2.37. The van der Waals surface area contributed by atoms with Gasteiger partial charge >= 0.3 is 0 Å². The fourth-order valence-corrected chi connectivity index (χ4v) is 2.35. The number of rotatable bonds is 7. The molecule has 3 N–H and O–H groups in total. The number of nitrogens with zero attached hydrogens (tertiary/aromatic N) is 2. The van der Waals surface area contributed by atoms with Gasteiger partial charge in [-0.3, -0.25) is 16.0 Å². The molecule has 0 radical (unpaired) electrons. The second-order valence-electron chi connectivity index (χ2n) is 4.17. The summed E-state index contributed by atoms with van der Waals surface area (Å²) in [6, 6.07) is 0.247. The van der Waals surface area contributed by atoms with E-state index in [0.29, 0.717) is 0 Å². The topological polar surface area (TPSA) is 65.1 Å². The van der Waals surface area contributed by atoms with Crippen LogP contribution >= 0.6 is 15.9 Å². The van der Waals surface area contributed by atoms with E-state index < -0.39 is 0 Å². The zero-order valence-electron chi connectivity index (χ0n) is 10.7. The van der Waals surface area contributed by atoms with Crippen LogP contribution in [0.2, 0.25) is 0 Å². The van der Waals surface area contributed by atoms with Gasteiger partial charge in [0.15, 0.2) is 0 Å². The van der Waals surface area contributed by atoms with E-state index in [1.54, 1.807) is 7.11 Å². The minimum Gasteiger partial charge on any atom is -0.385 e. The van der Waals surface area contributed by atoms with Crippen molar-refractivity contribution >= 4 is 15.9 Å². The summed E-state index contributed by atoms with van der Waals surface area (Å²) in [5.41, 5.74) is 5.03. The lowest BCUT2D eigenvalue weighted by molar-refractivity contribution is 0.188. The van der Waals surface area contributed by atoms with Gasteiger partial charge in [0.1, 0.15) is 0 Å². The first-order valence-corrected chi connectivity index (χ1v) is 6.52. The molecule has 0 amide bonds. The van der Waals surface area contributed by atoms with Gasteiger partial charge in [-0.05, 0) is 35.7 Å². The number of methoxy groups -OCH3 is 1. The van der Waals surface area contributed by atoms with Crippen LogP contribution in [-0.4, -0.2) is 29.5 Å². The molecule has 1 unspecified atom stereocenters. The molecule has 1 aromatic heterocycles. The van der Waals surface area contributed by atoms with E-state index in [9.17, 15) is 0 Å². The van der Waals surface area contributed by atoms with Gasteiger partial charge in [0.05, 0.1) is 15.9 Å². The molecule has 0 saturated heterocycles. The predicted octanol–water partition coefficient (Wildman–Crippen LogP) is 1.29. The molecule has 1 atom stereocenters. The summed E-state index contributed by atoms with van der Waals surface area (Å²) in [6.45, 7) is 2.76. The molecule has 98 valence electrons. The fourth-order valence-electron chi connectivity index (χ4n) is 1.85. The van der Waals surface area contributed by atoms with E-state index in [1.807, 2.05) is 18.7 Å². The average Bonchev–Trinajstić information content (AvgIpc) is 2.54. The molecule has 0 aliphatic rings. The Hall–Kier alpha value is -0.430. The number of aromatic nitrogens is 2. The van der Waals surface area contributed by atoms with Crippen LogP contribution in [0.25, 0.3) is 0 Å². The molecule has 0 saturated carbocycles. The number of aryl methyl sites for hydroxylation is 2. The third-order valence-corrected chi connectivity index (χ3v) is 3.87. The Kier molecular flexibility index (Phi) is 6.11. The summed E-state index contributed by atoms with van der Waals surface area (Å²) >= 11 is 3.56. The molecule has 0 bridgehead atoms. The highest BCUT2D eigenvalue weighted by Gasteiger charge is 2.15. The minimum atomic E-state index is 0.247. The fraction of sp³-hybridized carbons (Fsp3) is 0.727. The first kappa shape index (κ1) is 14.6. The standard InChI is InChI=1S/C11H21BrN4O/c1-8-11(12)10(16(2)15-8)7-9(14-13)5-4-6-17-3/h9,14H,4-7,13H2,1-3H3. The second kappa shape index (κ2) is 7.10. The van der Waals surface area contributed by atoms with Crippen molar-refractivity contribution in [2.75, 3.05) is 13.7 Å². The lowest BCUT2D eigenvalue weighted by atomic mass is 10.1. The van der Waals surface area contributed by atoms with E-state index >= 15 is 0 Å². The van der Waals surface area contributed by atoms with Crippen LogP contribution in [0.4, 0.5) is 0 Å². The van der Waals surface area contributed by atoms with Crippen molar-refractivity contribution in [2.24, 2.45) is 12.9 Å². The number of hydrogen-bond donors (Lipinski definition) is 2. The number of nitrogens with two attached hydrogens (primary N) is 1. The molecule has 17 heavy (non-hydrogen) atoms. The molecular formula is C11H21BrN4O. The van der Waals surface area contributed by atoms with Crippen LogP contribution < -0.4 is 11.3 Å². The first-order chi connectivity index (χ1) is 8.10. The molecule has 0 fully saturated rings. The second-order valence-corrected chi connectivity index (χ2v) is 4.97. The normalized spacial score (nSPS) is 13.0. The maximum atomic E-state index is 5.57. The Morgan fingerprint density at radius 1 is 1.59 bits per heavy atom. The zero-order chi connectivity index (χ0) is 12.8. The van der Waals surface area contributed by atoms with E-state index in [0.717, 1.165) is 36.0 Å². The van der Waals surface area contributed by atoms with Crippen molar-refractivity contribution in [1.82, 2.24) is 15.2 Å². The molecule has 6 heteroatoms. The molecule has 1 heterocycles. The summed E-state index contributed by atoms with van der Waals surface area (Å²) in [7, 11) is 3.67. The molecule has 1 aromatic rings. The third-order valence-electron chi connectivity index (χ3n) is 2.84. The van der Waals surface area contributed by atoms with E-state index in [2.05, 4.69) is 26.5 Å². The number of halogens is 1. The largest absolute Gasteiger partial charge is 0.385 e. The Labute approximate surface area is 111 Å². The number of hydrogen-bond acceptors (Lipinski definition) is 4. The van der Waals surface area contributed by atoms with Gasteiger partial charge in [-0.2, -0.15) is 5.10 Å². The Balaban J connectivity index is 2.60. The average molecular weight is 305 g/mol. The molecular weight excluding hydrogens is 284 g/mol. The predicted molar refractivity (Wildman–Crippen MR) is 71.6 cm³/mol. The summed E-state index contributed by atoms with van der Waals surface area (Å²) in [5, 5.41) is 4.37. The summed E-state index contributed by atoms with van der Waals surface area (Å²) in [5.74, 6) is 5.57. The van der Waals surface area contributed by atoms with Crippen LogP contribution in [0.1, 0.15) is 24.2 Å². The maximum absolute atomic E-state index is 5.57. The molecule has 5 nitrogen and oxygen atoms in total.